The molecule has 0 radical (unpaired) electrons. The first-order chi connectivity index (χ1) is 8.56. The second-order valence-electron chi connectivity index (χ2n) is 3.74. The van der Waals surface area contributed by atoms with E-state index < -0.39 is 5.91 Å². The van der Waals surface area contributed by atoms with Gasteiger partial charge in [-0.3, -0.25) is 4.79 Å². The minimum Gasteiger partial charge on any atom is -0.507 e. The van der Waals surface area contributed by atoms with Crippen molar-refractivity contribution in [3.05, 3.63) is 53.1 Å². The molecule has 18 heavy (non-hydrogen) atoms. The van der Waals surface area contributed by atoms with Crippen LogP contribution in [-0.4, -0.2) is 11.0 Å². The molecule has 0 spiro atoms. The number of halogens is 1. The van der Waals surface area contributed by atoms with Gasteiger partial charge in [-0.15, -0.1) is 0 Å². The zero-order valence-electron chi connectivity index (χ0n) is 9.35. The van der Waals surface area contributed by atoms with E-state index in [1.54, 1.807) is 24.3 Å². The largest absolute Gasteiger partial charge is 0.507 e. The lowest BCUT2D eigenvalue weighted by Crippen LogP contribution is -2.12. The number of phenolic OH excluding ortho intramolecular Hbond substituents is 1. The fraction of sp³-hybridized carbons (Fsp3) is 0. The van der Waals surface area contributed by atoms with E-state index in [1.807, 2.05) is 0 Å². The van der Waals surface area contributed by atoms with Crippen LogP contribution in [0.4, 0.5) is 11.4 Å². The molecule has 0 heterocycles. The normalized spacial score (nSPS) is 10.1. The highest BCUT2D eigenvalue weighted by Crippen LogP contribution is 2.22. The molecule has 0 bridgehead atoms. The molecule has 0 aliphatic heterocycles. The number of anilines is 2. The maximum atomic E-state index is 11.9. The first-order valence-corrected chi connectivity index (χ1v) is 5.59. The molecule has 0 aliphatic carbocycles. The number of nitrogens with one attached hydrogen (secondary N) is 1. The van der Waals surface area contributed by atoms with Crippen molar-refractivity contribution in [2.75, 3.05) is 11.1 Å². The molecule has 2 aromatic carbocycles. The molecular weight excluding hydrogens is 252 g/mol. The Morgan fingerprint density at radius 3 is 2.50 bits per heavy atom. The van der Waals surface area contributed by atoms with Gasteiger partial charge in [-0.25, -0.2) is 0 Å². The summed E-state index contributed by atoms with van der Waals surface area (Å²) in [7, 11) is 0. The van der Waals surface area contributed by atoms with Gasteiger partial charge < -0.3 is 16.2 Å². The minimum atomic E-state index is -0.431. The van der Waals surface area contributed by atoms with Crippen LogP contribution >= 0.6 is 11.6 Å². The van der Waals surface area contributed by atoms with Crippen LogP contribution in [0.1, 0.15) is 10.4 Å². The number of hydrogen-bond acceptors (Lipinski definition) is 3. The highest BCUT2D eigenvalue weighted by molar-refractivity contribution is 6.31. The molecular formula is C13H11ClN2O2. The minimum absolute atomic E-state index is 0.118. The van der Waals surface area contributed by atoms with Gasteiger partial charge in [0.25, 0.3) is 5.91 Å². The van der Waals surface area contributed by atoms with Crippen LogP contribution in [-0.2, 0) is 0 Å². The summed E-state index contributed by atoms with van der Waals surface area (Å²) in [4.78, 5) is 11.9. The molecule has 2 aromatic rings. The number of nitrogen functional groups attached to an aromatic ring is 1. The van der Waals surface area contributed by atoms with Crippen molar-refractivity contribution < 1.29 is 9.90 Å². The fourth-order valence-corrected chi connectivity index (χ4v) is 1.63. The van der Waals surface area contributed by atoms with Crippen LogP contribution in [0.3, 0.4) is 0 Å². The van der Waals surface area contributed by atoms with Gasteiger partial charge in [-0.1, -0.05) is 11.6 Å². The monoisotopic (exact) mass is 262 g/mol. The summed E-state index contributed by atoms with van der Waals surface area (Å²) in [6.45, 7) is 0. The Bertz CT molecular complexity index is 582. The molecule has 0 aliphatic rings. The Hall–Kier alpha value is -2.20. The Kier molecular flexibility index (Phi) is 3.39. The summed E-state index contributed by atoms with van der Waals surface area (Å²) >= 11 is 5.78. The molecule has 2 rings (SSSR count). The number of benzene rings is 2. The molecule has 0 fully saturated rings. The van der Waals surface area contributed by atoms with Crippen LogP contribution in [0.25, 0.3) is 0 Å². The third-order valence-electron chi connectivity index (χ3n) is 2.37. The maximum absolute atomic E-state index is 11.9. The van der Waals surface area contributed by atoms with Crippen LogP contribution in [0.5, 0.6) is 5.75 Å². The lowest BCUT2D eigenvalue weighted by atomic mass is 10.2. The number of carbonyl (C=O) groups excluding carboxylic acids is 1. The molecule has 4 N–H and O–H groups in total. The second kappa shape index (κ2) is 4.98. The summed E-state index contributed by atoms with van der Waals surface area (Å²) < 4.78 is 0. The van der Waals surface area contributed by atoms with Gasteiger partial charge in [0.1, 0.15) is 5.75 Å². The van der Waals surface area contributed by atoms with E-state index in [2.05, 4.69) is 5.32 Å². The first kappa shape index (κ1) is 12.3. The average Bonchev–Trinajstić information content (AvgIpc) is 2.35. The Labute approximate surface area is 109 Å². The summed E-state index contributed by atoms with van der Waals surface area (Å²) in [6.07, 6.45) is 0. The van der Waals surface area contributed by atoms with Gasteiger partial charge in [0.15, 0.2) is 0 Å². The smallest absolute Gasteiger partial charge is 0.259 e. The van der Waals surface area contributed by atoms with Crippen molar-refractivity contribution in [2.45, 2.75) is 0 Å². The van der Waals surface area contributed by atoms with E-state index in [0.717, 1.165) is 0 Å². The Balaban J connectivity index is 2.21. The molecule has 0 atom stereocenters. The highest BCUT2D eigenvalue weighted by atomic mass is 35.5. The number of carbonyl (C=O) groups is 1. The van der Waals surface area contributed by atoms with E-state index in [0.29, 0.717) is 16.4 Å². The molecule has 0 aromatic heterocycles. The second-order valence-corrected chi connectivity index (χ2v) is 4.17. The topological polar surface area (TPSA) is 75.3 Å². The number of nitrogens with two attached hydrogens (primary N) is 1. The summed E-state index contributed by atoms with van der Waals surface area (Å²) in [5.74, 6) is -0.549. The van der Waals surface area contributed by atoms with Crippen LogP contribution in [0.2, 0.25) is 5.02 Å². The molecule has 1 amide bonds. The van der Waals surface area contributed by atoms with E-state index in [4.69, 9.17) is 17.3 Å². The van der Waals surface area contributed by atoms with E-state index in [1.165, 1.54) is 18.2 Å². The number of phenols is 1. The van der Waals surface area contributed by atoms with Gasteiger partial charge in [0.05, 0.1) is 5.56 Å². The van der Waals surface area contributed by atoms with E-state index in [9.17, 15) is 9.90 Å². The van der Waals surface area contributed by atoms with Gasteiger partial charge in [0.2, 0.25) is 0 Å². The predicted octanol–water partition coefficient (Wildman–Crippen LogP) is 2.88. The molecule has 92 valence electrons. The summed E-state index contributed by atoms with van der Waals surface area (Å²) in [5, 5.41) is 12.6. The average molecular weight is 263 g/mol. The SMILES string of the molecule is Nc1ccc(NC(=O)c2cc(Cl)ccc2O)cc1. The zero-order valence-corrected chi connectivity index (χ0v) is 10.1. The Morgan fingerprint density at radius 1 is 1.17 bits per heavy atom. The molecule has 0 saturated carbocycles. The third-order valence-corrected chi connectivity index (χ3v) is 2.61. The van der Waals surface area contributed by atoms with Crippen molar-refractivity contribution in [1.82, 2.24) is 0 Å². The van der Waals surface area contributed by atoms with E-state index >= 15 is 0 Å². The van der Waals surface area contributed by atoms with Crippen LogP contribution in [0.15, 0.2) is 42.5 Å². The Morgan fingerprint density at radius 2 is 1.83 bits per heavy atom. The number of hydrogen-bond donors (Lipinski definition) is 3. The molecule has 5 heteroatoms. The molecule has 0 unspecified atom stereocenters. The quantitative estimate of drug-likeness (QED) is 0.729. The van der Waals surface area contributed by atoms with Crippen LogP contribution < -0.4 is 11.1 Å². The standard InChI is InChI=1S/C13H11ClN2O2/c14-8-1-6-12(17)11(7-8)13(18)16-10-4-2-9(15)3-5-10/h1-7,17H,15H2,(H,16,18). The fourth-order valence-electron chi connectivity index (χ4n) is 1.46. The predicted molar refractivity (Wildman–Crippen MR) is 71.9 cm³/mol. The van der Waals surface area contributed by atoms with Gasteiger partial charge in [-0.05, 0) is 42.5 Å². The van der Waals surface area contributed by atoms with Crippen molar-refractivity contribution in [3.8, 4) is 5.75 Å². The van der Waals surface area contributed by atoms with E-state index in [-0.39, 0.29) is 11.3 Å². The highest BCUT2D eigenvalue weighted by Gasteiger charge is 2.11. The maximum Gasteiger partial charge on any atom is 0.259 e. The summed E-state index contributed by atoms with van der Waals surface area (Å²) in [6, 6.07) is 11.0. The zero-order chi connectivity index (χ0) is 13.1. The lowest BCUT2D eigenvalue weighted by Gasteiger charge is -2.07. The third kappa shape index (κ3) is 2.73. The van der Waals surface area contributed by atoms with Crippen LogP contribution in [0, 0.1) is 0 Å². The van der Waals surface area contributed by atoms with Crippen molar-refractivity contribution >= 4 is 28.9 Å². The number of amides is 1. The summed E-state index contributed by atoms with van der Waals surface area (Å²) in [5.41, 5.74) is 6.87. The lowest BCUT2D eigenvalue weighted by molar-refractivity contribution is 0.102. The number of rotatable bonds is 2. The van der Waals surface area contributed by atoms with Gasteiger partial charge in [0, 0.05) is 16.4 Å². The van der Waals surface area contributed by atoms with Gasteiger partial charge in [-0.2, -0.15) is 0 Å². The van der Waals surface area contributed by atoms with Crippen molar-refractivity contribution in [1.29, 1.82) is 0 Å². The van der Waals surface area contributed by atoms with Gasteiger partial charge >= 0.3 is 0 Å². The number of aromatic hydroxyl groups is 1. The molecule has 4 nitrogen and oxygen atoms in total. The van der Waals surface area contributed by atoms with Crippen molar-refractivity contribution in [3.63, 3.8) is 0 Å². The van der Waals surface area contributed by atoms with Crippen molar-refractivity contribution in [2.24, 2.45) is 0 Å². The molecule has 0 saturated heterocycles. The first-order valence-electron chi connectivity index (χ1n) is 5.21.